The van der Waals surface area contributed by atoms with Gasteiger partial charge in [-0.15, -0.1) is 0 Å². The Labute approximate surface area is 172 Å². The molecule has 0 atom stereocenters. The van der Waals surface area contributed by atoms with E-state index < -0.39 is 31.1 Å². The number of benzene rings is 2. The van der Waals surface area contributed by atoms with Gasteiger partial charge in [-0.2, -0.15) is 0 Å². The summed E-state index contributed by atoms with van der Waals surface area (Å²) in [4.78, 5) is 37.2. The number of fused-ring (bicyclic) bond motifs is 2. The molecule has 2 heterocycles. The average Bonchev–Trinajstić information content (AvgIpc) is 2.72. The van der Waals surface area contributed by atoms with E-state index in [0.29, 0.717) is 11.0 Å². The molecule has 4 aromatic rings. The van der Waals surface area contributed by atoms with Crippen molar-refractivity contribution in [2.24, 2.45) is 0 Å². The number of rotatable bonds is 4. The zero-order valence-corrected chi connectivity index (χ0v) is 18.8. The fraction of sp³-hybridized carbons (Fsp3) is 0.0909. The molecule has 0 aliphatic rings. The van der Waals surface area contributed by atoms with Gasteiger partial charge in [0, 0.05) is 0 Å². The number of hydrogen-bond acceptors (Lipinski definition) is 6. The zero-order valence-electron chi connectivity index (χ0n) is 16.0. The van der Waals surface area contributed by atoms with Gasteiger partial charge in [-0.1, -0.05) is 0 Å². The second-order valence-corrected chi connectivity index (χ2v) is 16.1. The van der Waals surface area contributed by atoms with Gasteiger partial charge in [0.1, 0.15) is 0 Å². The number of pyridine rings is 2. The summed E-state index contributed by atoms with van der Waals surface area (Å²) in [5.74, 6) is -1.17. The molecule has 2 aromatic carbocycles. The Morgan fingerprint density at radius 2 is 1.07 bits per heavy atom. The summed E-state index contributed by atoms with van der Waals surface area (Å²) < 4.78 is 11.2. The summed E-state index contributed by atoms with van der Waals surface area (Å²) in [5, 5.41) is 1.86. The van der Waals surface area contributed by atoms with Crippen molar-refractivity contribution < 1.29 is 15.7 Å². The number of carbonyl (C=O) groups excluding carboxylic acids is 2. The molecule has 0 unspecified atom stereocenters. The molecule has 0 spiro atoms. The first kappa shape index (κ1) is 19.3. The van der Waals surface area contributed by atoms with E-state index in [4.69, 9.17) is 6.15 Å². The first-order valence-electron chi connectivity index (χ1n) is 9.10. The Bertz CT molecular complexity index is 1140. The minimum atomic E-state index is -3.94. The molecule has 0 amide bonds. The summed E-state index contributed by atoms with van der Waals surface area (Å²) in [5.41, 5.74) is 1.78. The number of aromatic nitrogens is 2. The third-order valence-electron chi connectivity index (χ3n) is 4.29. The fourth-order valence-electron chi connectivity index (χ4n) is 2.93. The molecule has 0 aliphatic carbocycles. The van der Waals surface area contributed by atoms with Gasteiger partial charge in [0.05, 0.1) is 0 Å². The molecule has 0 N–H and O–H groups in total. The van der Waals surface area contributed by atoms with Gasteiger partial charge >= 0.3 is 173 Å². The first-order chi connectivity index (χ1) is 13.9. The Balaban J connectivity index is 1.49. The van der Waals surface area contributed by atoms with Crippen molar-refractivity contribution >= 4 is 52.9 Å². The van der Waals surface area contributed by atoms with Crippen LogP contribution in [-0.2, 0) is 6.15 Å². The van der Waals surface area contributed by atoms with E-state index in [-0.39, 0.29) is 11.4 Å². The van der Waals surface area contributed by atoms with Crippen LogP contribution in [0.3, 0.4) is 0 Å². The fourth-order valence-corrected chi connectivity index (χ4v) is 6.20. The summed E-state index contributed by atoms with van der Waals surface area (Å²) in [7, 11) is 0. The van der Waals surface area contributed by atoms with Crippen molar-refractivity contribution in [3.05, 3.63) is 84.2 Å². The second kappa shape index (κ2) is 7.79. The average molecular weight is 493 g/mol. The van der Waals surface area contributed by atoms with E-state index in [2.05, 4.69) is 9.97 Å². The summed E-state index contributed by atoms with van der Waals surface area (Å²) in [6.45, 7) is 0. The molecule has 4 rings (SSSR count). The zero-order chi connectivity index (χ0) is 20.4. The quantitative estimate of drug-likeness (QED) is 0.390. The van der Waals surface area contributed by atoms with Gasteiger partial charge in [0.25, 0.3) is 0 Å². The molecule has 6 nitrogen and oxygen atoms in total. The van der Waals surface area contributed by atoms with E-state index in [1.54, 1.807) is 22.0 Å². The topological polar surface area (TPSA) is 78.4 Å². The van der Waals surface area contributed by atoms with Crippen LogP contribution in [0.2, 0.25) is 9.88 Å². The van der Waals surface area contributed by atoms with Crippen molar-refractivity contribution in [1.82, 2.24) is 9.97 Å². The van der Waals surface area contributed by atoms with Crippen LogP contribution in [0, 0.1) is 0 Å². The standard InChI is InChI=1S/2C10H7NO2.2CH3.Sn/c2*12-10(13)9-6-5-7-3-1-2-4-8(7)11-9;;;/h2*1-6H,(H,12,13);2*1H3;/q;;;;+2/p-2. The van der Waals surface area contributed by atoms with E-state index in [1.807, 2.05) is 60.7 Å². The molecule has 29 heavy (non-hydrogen) atoms. The van der Waals surface area contributed by atoms with Crippen LogP contribution in [-0.4, -0.2) is 41.1 Å². The molecule has 0 aliphatic heterocycles. The van der Waals surface area contributed by atoms with Crippen LogP contribution in [0.1, 0.15) is 21.0 Å². The van der Waals surface area contributed by atoms with E-state index in [9.17, 15) is 9.59 Å². The van der Waals surface area contributed by atoms with Crippen molar-refractivity contribution in [1.29, 1.82) is 0 Å². The van der Waals surface area contributed by atoms with Gasteiger partial charge in [-0.3, -0.25) is 0 Å². The van der Waals surface area contributed by atoms with Crippen LogP contribution < -0.4 is 0 Å². The van der Waals surface area contributed by atoms with Crippen molar-refractivity contribution in [2.45, 2.75) is 9.88 Å². The molecule has 0 saturated carbocycles. The van der Waals surface area contributed by atoms with Crippen molar-refractivity contribution in [2.75, 3.05) is 0 Å². The van der Waals surface area contributed by atoms with Gasteiger partial charge in [-0.25, -0.2) is 0 Å². The third-order valence-corrected chi connectivity index (χ3v) is 8.16. The van der Waals surface area contributed by atoms with Crippen LogP contribution >= 0.6 is 0 Å². The van der Waals surface area contributed by atoms with Crippen LogP contribution in [0.15, 0.2) is 72.8 Å². The second-order valence-electron chi connectivity index (χ2n) is 6.96. The Kier molecular flexibility index (Phi) is 5.19. The van der Waals surface area contributed by atoms with Crippen molar-refractivity contribution in [3.8, 4) is 0 Å². The Morgan fingerprint density at radius 1 is 0.655 bits per heavy atom. The van der Waals surface area contributed by atoms with E-state index in [1.165, 1.54) is 0 Å². The van der Waals surface area contributed by atoms with E-state index >= 15 is 0 Å². The number of nitrogens with zero attached hydrogens (tertiary/aromatic N) is 2. The van der Waals surface area contributed by atoms with Gasteiger partial charge in [0.15, 0.2) is 0 Å². The van der Waals surface area contributed by atoms with Gasteiger partial charge in [-0.05, 0) is 0 Å². The van der Waals surface area contributed by atoms with Crippen LogP contribution in [0.5, 0.6) is 0 Å². The molecular formula is C22H18N2O4Sn. The molecular weight excluding hydrogens is 475 g/mol. The minimum absolute atomic E-state index is 0.188. The SMILES string of the molecule is [CH3][Sn]([CH3])([O]C(=O)c1ccc2ccccc2n1)[O]C(=O)c1ccc2ccccc2n1. The van der Waals surface area contributed by atoms with Crippen molar-refractivity contribution in [3.63, 3.8) is 0 Å². The maximum absolute atomic E-state index is 12.6. The first-order valence-corrected chi connectivity index (χ1v) is 17.1. The normalized spacial score (nSPS) is 11.4. The summed E-state index contributed by atoms with van der Waals surface area (Å²) >= 11 is -3.94. The molecule has 144 valence electrons. The Hall–Kier alpha value is -3.00. The summed E-state index contributed by atoms with van der Waals surface area (Å²) in [6, 6.07) is 21.8. The molecule has 0 saturated heterocycles. The van der Waals surface area contributed by atoms with E-state index in [0.717, 1.165) is 10.8 Å². The third kappa shape index (κ3) is 4.37. The summed E-state index contributed by atoms with van der Waals surface area (Å²) in [6.07, 6.45) is 0. The van der Waals surface area contributed by atoms with Crippen LogP contribution in [0.25, 0.3) is 21.8 Å². The number of para-hydroxylation sites is 2. The predicted octanol–water partition coefficient (Wildman–Crippen LogP) is 4.50. The molecule has 0 fully saturated rings. The predicted molar refractivity (Wildman–Crippen MR) is 112 cm³/mol. The molecule has 0 bridgehead atoms. The van der Waals surface area contributed by atoms with Crippen LogP contribution in [0.4, 0.5) is 0 Å². The Morgan fingerprint density at radius 3 is 1.52 bits per heavy atom. The maximum atomic E-state index is 12.6. The molecule has 7 heteroatoms. The van der Waals surface area contributed by atoms with Gasteiger partial charge < -0.3 is 0 Å². The molecule has 2 aromatic heterocycles. The van der Waals surface area contributed by atoms with Gasteiger partial charge in [0.2, 0.25) is 0 Å². The monoisotopic (exact) mass is 494 g/mol. The number of hydrogen-bond donors (Lipinski definition) is 0. The molecule has 0 radical (unpaired) electrons. The number of carbonyl (C=O) groups is 2.